The smallest absolute Gasteiger partial charge is 0.254 e. The Balaban J connectivity index is 1.40. The average molecular weight is 412 g/mol. The third kappa shape index (κ3) is 4.27. The SMILES string of the molecule is COc1ccc(C(=O)N2CCN(c3cc(N4CCCCC4)ncn3)CC2)cc1OC. The largest absolute Gasteiger partial charge is 0.493 e. The lowest BCUT2D eigenvalue weighted by Gasteiger charge is -2.36. The summed E-state index contributed by atoms with van der Waals surface area (Å²) in [4.78, 5) is 28.4. The molecular weight excluding hydrogens is 382 g/mol. The third-order valence-corrected chi connectivity index (χ3v) is 5.84. The predicted octanol–water partition coefficient (Wildman–Crippen LogP) is 2.45. The summed E-state index contributed by atoms with van der Waals surface area (Å²) in [6.45, 7) is 4.91. The molecule has 2 aliphatic heterocycles. The highest BCUT2D eigenvalue weighted by Crippen LogP contribution is 2.28. The number of anilines is 2. The van der Waals surface area contributed by atoms with Crippen molar-refractivity contribution in [2.45, 2.75) is 19.3 Å². The first-order valence-corrected chi connectivity index (χ1v) is 10.5. The summed E-state index contributed by atoms with van der Waals surface area (Å²) in [7, 11) is 3.16. The summed E-state index contributed by atoms with van der Waals surface area (Å²) < 4.78 is 10.6. The number of carbonyl (C=O) groups excluding carboxylic acids is 1. The molecule has 0 atom stereocenters. The van der Waals surface area contributed by atoms with E-state index in [4.69, 9.17) is 9.47 Å². The number of hydrogen-bond donors (Lipinski definition) is 0. The Hall–Kier alpha value is -3.03. The Kier molecular flexibility index (Phi) is 6.21. The van der Waals surface area contributed by atoms with E-state index >= 15 is 0 Å². The van der Waals surface area contributed by atoms with Crippen molar-refractivity contribution < 1.29 is 14.3 Å². The number of hydrogen-bond acceptors (Lipinski definition) is 7. The highest BCUT2D eigenvalue weighted by molar-refractivity contribution is 5.95. The number of piperidine rings is 1. The number of carbonyl (C=O) groups is 1. The van der Waals surface area contributed by atoms with Crippen molar-refractivity contribution >= 4 is 17.5 Å². The number of benzene rings is 1. The molecule has 8 nitrogen and oxygen atoms in total. The van der Waals surface area contributed by atoms with Gasteiger partial charge in [-0.15, -0.1) is 0 Å². The van der Waals surface area contributed by atoms with Crippen molar-refractivity contribution in [3.8, 4) is 11.5 Å². The zero-order valence-electron chi connectivity index (χ0n) is 17.7. The van der Waals surface area contributed by atoms with E-state index in [-0.39, 0.29) is 5.91 Å². The molecule has 0 unspecified atom stereocenters. The van der Waals surface area contributed by atoms with Gasteiger partial charge in [0.05, 0.1) is 14.2 Å². The fourth-order valence-corrected chi connectivity index (χ4v) is 4.10. The van der Waals surface area contributed by atoms with Crippen molar-refractivity contribution in [1.82, 2.24) is 14.9 Å². The second kappa shape index (κ2) is 9.19. The van der Waals surface area contributed by atoms with E-state index in [9.17, 15) is 4.79 Å². The van der Waals surface area contributed by atoms with Gasteiger partial charge in [-0.3, -0.25) is 4.79 Å². The standard InChI is InChI=1S/C22H29N5O3/c1-29-18-7-6-17(14-19(18)30-2)22(28)27-12-10-26(11-13-27)21-15-20(23-16-24-21)25-8-4-3-5-9-25/h6-7,14-16H,3-5,8-13H2,1-2H3. The van der Waals surface area contributed by atoms with Crippen LogP contribution in [0.15, 0.2) is 30.6 Å². The predicted molar refractivity (Wildman–Crippen MR) is 116 cm³/mol. The maximum absolute atomic E-state index is 13.0. The number of ether oxygens (including phenoxy) is 2. The first-order chi connectivity index (χ1) is 14.7. The molecule has 30 heavy (non-hydrogen) atoms. The average Bonchev–Trinajstić information content (AvgIpc) is 2.84. The van der Waals surface area contributed by atoms with Gasteiger partial charge in [-0.2, -0.15) is 0 Å². The fourth-order valence-electron chi connectivity index (χ4n) is 4.10. The summed E-state index contributed by atoms with van der Waals surface area (Å²) in [5, 5.41) is 0. The van der Waals surface area contributed by atoms with E-state index in [0.717, 1.165) is 37.8 Å². The molecule has 0 aliphatic carbocycles. The quantitative estimate of drug-likeness (QED) is 0.748. The molecule has 2 fully saturated rings. The van der Waals surface area contributed by atoms with E-state index < -0.39 is 0 Å². The Bertz CT molecular complexity index is 877. The van der Waals surface area contributed by atoms with Gasteiger partial charge in [0.1, 0.15) is 18.0 Å². The van der Waals surface area contributed by atoms with Gasteiger partial charge in [-0.05, 0) is 37.5 Å². The second-order valence-corrected chi connectivity index (χ2v) is 7.63. The van der Waals surface area contributed by atoms with Crippen molar-refractivity contribution in [2.75, 3.05) is 63.3 Å². The zero-order valence-corrected chi connectivity index (χ0v) is 17.7. The van der Waals surface area contributed by atoms with E-state index in [2.05, 4.69) is 25.8 Å². The Morgan fingerprint density at radius 1 is 0.800 bits per heavy atom. The molecule has 0 bridgehead atoms. The van der Waals surface area contributed by atoms with Crippen molar-refractivity contribution in [1.29, 1.82) is 0 Å². The minimum Gasteiger partial charge on any atom is -0.493 e. The van der Waals surface area contributed by atoms with Crippen LogP contribution in [0.5, 0.6) is 11.5 Å². The second-order valence-electron chi connectivity index (χ2n) is 7.63. The lowest BCUT2D eigenvalue weighted by atomic mass is 10.1. The van der Waals surface area contributed by atoms with Crippen LogP contribution in [-0.2, 0) is 0 Å². The van der Waals surface area contributed by atoms with Gasteiger partial charge in [0.15, 0.2) is 11.5 Å². The monoisotopic (exact) mass is 411 g/mol. The van der Waals surface area contributed by atoms with E-state index in [0.29, 0.717) is 30.2 Å². The topological polar surface area (TPSA) is 71.0 Å². The minimum atomic E-state index is 0.00676. The summed E-state index contributed by atoms with van der Waals surface area (Å²) in [6.07, 6.45) is 5.39. The lowest BCUT2D eigenvalue weighted by molar-refractivity contribution is 0.0746. The molecule has 0 N–H and O–H groups in total. The van der Waals surface area contributed by atoms with Crippen LogP contribution >= 0.6 is 0 Å². The van der Waals surface area contributed by atoms with Gasteiger partial charge in [0.25, 0.3) is 5.91 Å². The summed E-state index contributed by atoms with van der Waals surface area (Å²) in [5.74, 6) is 3.12. The van der Waals surface area contributed by atoms with Gasteiger partial charge in [-0.25, -0.2) is 9.97 Å². The van der Waals surface area contributed by atoms with Gasteiger partial charge in [0, 0.05) is 50.9 Å². The maximum atomic E-state index is 13.0. The zero-order chi connectivity index (χ0) is 20.9. The van der Waals surface area contributed by atoms with Crippen LogP contribution in [0.25, 0.3) is 0 Å². The van der Waals surface area contributed by atoms with Crippen LogP contribution in [0.3, 0.4) is 0 Å². The molecule has 2 aromatic rings. The molecule has 3 heterocycles. The van der Waals surface area contributed by atoms with E-state index in [1.54, 1.807) is 38.7 Å². The normalized spacial score (nSPS) is 17.1. The number of piperazine rings is 1. The van der Waals surface area contributed by atoms with Gasteiger partial charge >= 0.3 is 0 Å². The Labute approximate surface area is 177 Å². The molecule has 1 amide bonds. The number of amides is 1. The van der Waals surface area contributed by atoms with Crippen LogP contribution in [0.4, 0.5) is 11.6 Å². The van der Waals surface area contributed by atoms with Crippen LogP contribution in [-0.4, -0.2) is 74.3 Å². The first kappa shape index (κ1) is 20.3. The number of rotatable bonds is 5. The first-order valence-electron chi connectivity index (χ1n) is 10.5. The molecular formula is C22H29N5O3. The van der Waals surface area contributed by atoms with Crippen molar-refractivity contribution in [3.63, 3.8) is 0 Å². The van der Waals surface area contributed by atoms with Crippen LogP contribution in [0, 0.1) is 0 Å². The molecule has 0 radical (unpaired) electrons. The van der Waals surface area contributed by atoms with Gasteiger partial charge < -0.3 is 24.2 Å². The molecule has 0 saturated carbocycles. The van der Waals surface area contributed by atoms with Crippen LogP contribution in [0.2, 0.25) is 0 Å². The molecule has 1 aromatic carbocycles. The fraction of sp³-hybridized carbons (Fsp3) is 0.500. The number of aromatic nitrogens is 2. The molecule has 4 rings (SSSR count). The van der Waals surface area contributed by atoms with Gasteiger partial charge in [-0.1, -0.05) is 0 Å². The van der Waals surface area contributed by atoms with E-state index in [1.165, 1.54) is 19.3 Å². The van der Waals surface area contributed by atoms with E-state index in [1.807, 2.05) is 4.90 Å². The molecule has 2 aliphatic rings. The Morgan fingerprint density at radius 2 is 1.43 bits per heavy atom. The van der Waals surface area contributed by atoms with Crippen LogP contribution in [0.1, 0.15) is 29.6 Å². The summed E-state index contributed by atoms with van der Waals surface area (Å²) in [5.41, 5.74) is 0.607. The van der Waals surface area contributed by atoms with Gasteiger partial charge in [0.2, 0.25) is 0 Å². The van der Waals surface area contributed by atoms with Crippen molar-refractivity contribution in [2.24, 2.45) is 0 Å². The number of nitrogens with zero attached hydrogens (tertiary/aromatic N) is 5. The molecule has 160 valence electrons. The maximum Gasteiger partial charge on any atom is 0.254 e. The highest BCUT2D eigenvalue weighted by Gasteiger charge is 2.24. The highest BCUT2D eigenvalue weighted by atomic mass is 16.5. The van der Waals surface area contributed by atoms with Crippen LogP contribution < -0.4 is 19.3 Å². The molecule has 8 heteroatoms. The lowest BCUT2D eigenvalue weighted by Crippen LogP contribution is -2.49. The molecule has 2 saturated heterocycles. The molecule has 1 aromatic heterocycles. The third-order valence-electron chi connectivity index (χ3n) is 5.84. The van der Waals surface area contributed by atoms with Crippen molar-refractivity contribution in [3.05, 3.63) is 36.2 Å². The minimum absolute atomic E-state index is 0.00676. The molecule has 0 spiro atoms. The number of methoxy groups -OCH3 is 2. The summed E-state index contributed by atoms with van der Waals surface area (Å²) >= 11 is 0. The Morgan fingerprint density at radius 3 is 2.07 bits per heavy atom. The summed E-state index contributed by atoms with van der Waals surface area (Å²) in [6, 6.07) is 7.37.